The Kier molecular flexibility index (Phi) is 5.88. The van der Waals surface area contributed by atoms with Gasteiger partial charge < -0.3 is 5.32 Å². The van der Waals surface area contributed by atoms with Crippen molar-refractivity contribution >= 4 is 0 Å². The summed E-state index contributed by atoms with van der Waals surface area (Å²) < 4.78 is 0. The fourth-order valence-electron chi connectivity index (χ4n) is 4.74. The van der Waals surface area contributed by atoms with E-state index >= 15 is 0 Å². The van der Waals surface area contributed by atoms with E-state index in [1.807, 2.05) is 0 Å². The summed E-state index contributed by atoms with van der Waals surface area (Å²) in [6, 6.07) is 0.423. The standard InChI is InChI=1S/C17H35N7O/c1-23(2)14-7-6-12(11-20-14)15-21-16(25-22-15)13-5-3-10-24(13)17-18-8-4-9-19-17/h12-22H,3-11H2,1-2H3. The Morgan fingerprint density at radius 1 is 1.00 bits per heavy atom. The van der Waals surface area contributed by atoms with Crippen molar-refractivity contribution in [3.8, 4) is 0 Å². The highest BCUT2D eigenvalue weighted by Gasteiger charge is 2.42. The Hall–Kier alpha value is -0.320. The number of nitrogens with one attached hydrogen (secondary N) is 5. The van der Waals surface area contributed by atoms with Crippen LogP contribution >= 0.6 is 0 Å². The van der Waals surface area contributed by atoms with Crippen molar-refractivity contribution in [1.82, 2.24) is 36.5 Å². The van der Waals surface area contributed by atoms with Crippen molar-refractivity contribution in [1.29, 1.82) is 0 Å². The van der Waals surface area contributed by atoms with E-state index in [-0.39, 0.29) is 12.4 Å². The molecule has 4 heterocycles. The monoisotopic (exact) mass is 353 g/mol. The Balaban J connectivity index is 1.30. The number of rotatable bonds is 4. The fourth-order valence-corrected chi connectivity index (χ4v) is 4.74. The molecular formula is C17H35N7O. The van der Waals surface area contributed by atoms with Crippen LogP contribution in [-0.4, -0.2) is 81.0 Å². The molecule has 0 aromatic heterocycles. The molecule has 4 aliphatic rings. The highest BCUT2D eigenvalue weighted by Crippen LogP contribution is 2.26. The summed E-state index contributed by atoms with van der Waals surface area (Å²) in [5.41, 5.74) is 3.29. The first-order valence-corrected chi connectivity index (χ1v) is 10.0. The second-order valence-electron chi connectivity index (χ2n) is 8.14. The minimum atomic E-state index is 0.0737. The van der Waals surface area contributed by atoms with Crippen molar-refractivity contribution in [3.63, 3.8) is 0 Å². The van der Waals surface area contributed by atoms with Crippen LogP contribution in [-0.2, 0) is 4.84 Å². The average Bonchev–Trinajstić information content (AvgIpc) is 3.32. The lowest BCUT2D eigenvalue weighted by Crippen LogP contribution is -2.62. The first-order chi connectivity index (χ1) is 12.2. The zero-order chi connectivity index (χ0) is 17.2. The molecule has 0 amide bonds. The third-order valence-corrected chi connectivity index (χ3v) is 6.24. The molecule has 0 aromatic rings. The number of piperidine rings is 1. The minimum absolute atomic E-state index is 0.0737. The summed E-state index contributed by atoms with van der Waals surface area (Å²) in [4.78, 5) is 10.8. The lowest BCUT2D eigenvalue weighted by molar-refractivity contribution is -0.0410. The van der Waals surface area contributed by atoms with E-state index in [2.05, 4.69) is 50.6 Å². The summed E-state index contributed by atoms with van der Waals surface area (Å²) in [5, 5.41) is 14.6. The van der Waals surface area contributed by atoms with Crippen LogP contribution < -0.4 is 26.7 Å². The van der Waals surface area contributed by atoms with Gasteiger partial charge in [0.25, 0.3) is 0 Å². The molecule has 4 rings (SSSR count). The van der Waals surface area contributed by atoms with Gasteiger partial charge >= 0.3 is 0 Å². The molecule has 4 saturated heterocycles. The van der Waals surface area contributed by atoms with Gasteiger partial charge in [0.15, 0.2) is 0 Å². The summed E-state index contributed by atoms with van der Waals surface area (Å²) in [7, 11) is 4.29. The molecule has 0 aromatic carbocycles. The summed E-state index contributed by atoms with van der Waals surface area (Å²) in [6.07, 6.45) is 7.17. The van der Waals surface area contributed by atoms with Crippen LogP contribution in [0.3, 0.4) is 0 Å². The third kappa shape index (κ3) is 4.01. The summed E-state index contributed by atoms with van der Waals surface area (Å²) in [6.45, 7) is 4.36. The summed E-state index contributed by atoms with van der Waals surface area (Å²) in [5.74, 6) is 0.571. The normalized spacial score (nSPS) is 41.6. The molecule has 8 nitrogen and oxygen atoms in total. The van der Waals surface area contributed by atoms with Crippen LogP contribution in [0.1, 0.15) is 32.1 Å². The SMILES string of the molecule is CN(C)C1CCC(C2NOC(C3CCCN3C3NCCCN3)N2)CN1. The van der Waals surface area contributed by atoms with Crippen LogP contribution in [0.15, 0.2) is 0 Å². The van der Waals surface area contributed by atoms with Gasteiger partial charge in [-0.15, -0.1) is 0 Å². The molecule has 25 heavy (non-hydrogen) atoms. The predicted molar refractivity (Wildman–Crippen MR) is 97.3 cm³/mol. The second kappa shape index (κ2) is 8.14. The van der Waals surface area contributed by atoms with Gasteiger partial charge in [-0.2, -0.15) is 5.48 Å². The van der Waals surface area contributed by atoms with E-state index in [9.17, 15) is 0 Å². The van der Waals surface area contributed by atoms with Crippen molar-refractivity contribution in [3.05, 3.63) is 0 Å². The van der Waals surface area contributed by atoms with Crippen molar-refractivity contribution in [2.75, 3.05) is 40.3 Å². The Labute approximate surface area is 151 Å². The van der Waals surface area contributed by atoms with Crippen molar-refractivity contribution in [2.45, 2.75) is 63.0 Å². The van der Waals surface area contributed by atoms with E-state index in [4.69, 9.17) is 4.84 Å². The van der Waals surface area contributed by atoms with E-state index in [0.29, 0.717) is 24.4 Å². The Morgan fingerprint density at radius 3 is 2.56 bits per heavy atom. The van der Waals surface area contributed by atoms with Crippen LogP contribution in [0.25, 0.3) is 0 Å². The van der Waals surface area contributed by atoms with Crippen LogP contribution in [0.5, 0.6) is 0 Å². The number of hydrogen-bond donors (Lipinski definition) is 5. The maximum atomic E-state index is 6.00. The molecule has 5 N–H and O–H groups in total. The third-order valence-electron chi connectivity index (χ3n) is 6.24. The van der Waals surface area contributed by atoms with E-state index in [0.717, 1.165) is 26.2 Å². The molecule has 8 heteroatoms. The van der Waals surface area contributed by atoms with E-state index in [1.54, 1.807) is 0 Å². The number of hydroxylamine groups is 1. The maximum absolute atomic E-state index is 6.00. The zero-order valence-electron chi connectivity index (χ0n) is 15.6. The molecule has 4 fully saturated rings. The molecular weight excluding hydrogens is 318 g/mol. The Morgan fingerprint density at radius 2 is 1.84 bits per heavy atom. The Bertz CT molecular complexity index is 423. The lowest BCUT2D eigenvalue weighted by Gasteiger charge is -2.38. The van der Waals surface area contributed by atoms with E-state index in [1.165, 1.54) is 32.1 Å². The van der Waals surface area contributed by atoms with Gasteiger partial charge in [-0.25, -0.2) is 0 Å². The molecule has 0 aliphatic carbocycles. The highest BCUT2D eigenvalue weighted by molar-refractivity contribution is 4.93. The summed E-state index contributed by atoms with van der Waals surface area (Å²) >= 11 is 0. The molecule has 5 unspecified atom stereocenters. The number of likely N-dealkylation sites (tertiary alicyclic amines) is 1. The van der Waals surface area contributed by atoms with Crippen molar-refractivity contribution in [2.24, 2.45) is 5.92 Å². The molecule has 0 saturated carbocycles. The average molecular weight is 354 g/mol. The molecule has 4 aliphatic heterocycles. The molecule has 0 bridgehead atoms. The fraction of sp³-hybridized carbons (Fsp3) is 1.00. The molecule has 5 atom stereocenters. The first-order valence-electron chi connectivity index (χ1n) is 10.0. The van der Waals surface area contributed by atoms with Crippen LogP contribution in [0.2, 0.25) is 0 Å². The minimum Gasteiger partial charge on any atom is -0.301 e. The van der Waals surface area contributed by atoms with Gasteiger partial charge in [0, 0.05) is 19.0 Å². The van der Waals surface area contributed by atoms with Crippen molar-refractivity contribution < 1.29 is 4.84 Å². The number of hydrogen-bond acceptors (Lipinski definition) is 8. The first kappa shape index (κ1) is 18.1. The molecule has 0 radical (unpaired) electrons. The maximum Gasteiger partial charge on any atom is 0.146 e. The van der Waals surface area contributed by atoms with E-state index < -0.39 is 0 Å². The lowest BCUT2D eigenvalue weighted by atomic mass is 9.94. The zero-order valence-corrected chi connectivity index (χ0v) is 15.6. The largest absolute Gasteiger partial charge is 0.301 e. The second-order valence-corrected chi connectivity index (χ2v) is 8.14. The van der Waals surface area contributed by atoms with Gasteiger partial charge in [0.05, 0.1) is 18.4 Å². The highest BCUT2D eigenvalue weighted by atomic mass is 16.7. The topological polar surface area (TPSA) is 75.9 Å². The number of nitrogens with zero attached hydrogens (tertiary/aromatic N) is 2. The van der Waals surface area contributed by atoms with Gasteiger partial charge in [-0.1, -0.05) is 0 Å². The van der Waals surface area contributed by atoms with Gasteiger partial charge in [-0.05, 0) is 59.3 Å². The van der Waals surface area contributed by atoms with Crippen LogP contribution in [0.4, 0.5) is 0 Å². The van der Waals surface area contributed by atoms with Gasteiger partial charge in [-0.3, -0.25) is 30.6 Å². The van der Waals surface area contributed by atoms with Gasteiger partial charge in [0.2, 0.25) is 0 Å². The van der Waals surface area contributed by atoms with Gasteiger partial charge in [0.1, 0.15) is 12.5 Å². The smallest absolute Gasteiger partial charge is 0.146 e. The quantitative estimate of drug-likeness (QED) is 0.440. The van der Waals surface area contributed by atoms with Crippen LogP contribution in [0, 0.1) is 5.92 Å². The molecule has 144 valence electrons. The molecule has 0 spiro atoms. The predicted octanol–water partition coefficient (Wildman–Crippen LogP) is -1.02.